The maximum Gasteiger partial charge on any atom is 0.159 e. The predicted molar refractivity (Wildman–Crippen MR) is 77.7 cm³/mol. The maximum atomic E-state index is 13.2. The van der Waals surface area contributed by atoms with Crippen LogP contribution in [0.25, 0.3) is 11.3 Å². The van der Waals surface area contributed by atoms with E-state index in [9.17, 15) is 8.78 Å². The van der Waals surface area contributed by atoms with Crippen LogP contribution in [-0.2, 0) is 0 Å². The normalized spacial score (nSPS) is 21.4. The fourth-order valence-corrected chi connectivity index (χ4v) is 2.80. The first-order valence-corrected chi connectivity index (χ1v) is 7.06. The van der Waals surface area contributed by atoms with Gasteiger partial charge in [0, 0.05) is 22.0 Å². The average Bonchev–Trinajstić information content (AvgIpc) is 2.92. The minimum absolute atomic E-state index is 0.145. The first kappa shape index (κ1) is 13.2. The van der Waals surface area contributed by atoms with Crippen LogP contribution in [0.3, 0.4) is 0 Å². The number of aromatic amines is 1. The highest BCUT2D eigenvalue weighted by atomic mass is 79.9. The number of aromatic nitrogens is 2. The van der Waals surface area contributed by atoms with Gasteiger partial charge in [0.2, 0.25) is 0 Å². The Hall–Kier alpha value is -1.75. The van der Waals surface area contributed by atoms with Crippen molar-refractivity contribution >= 4 is 15.9 Å². The summed E-state index contributed by atoms with van der Waals surface area (Å²) in [5, 5.41) is 7.13. The molecule has 1 aromatic carbocycles. The first-order valence-electron chi connectivity index (χ1n) is 6.15. The van der Waals surface area contributed by atoms with Gasteiger partial charge < -0.3 is 0 Å². The van der Waals surface area contributed by atoms with E-state index in [4.69, 9.17) is 0 Å². The number of hydrogen-bond acceptors (Lipinski definition) is 1. The molecule has 1 N–H and O–H groups in total. The van der Waals surface area contributed by atoms with Crippen molar-refractivity contribution in [3.63, 3.8) is 0 Å². The van der Waals surface area contributed by atoms with Crippen molar-refractivity contribution in [1.82, 2.24) is 10.2 Å². The van der Waals surface area contributed by atoms with Gasteiger partial charge in [-0.1, -0.05) is 40.2 Å². The summed E-state index contributed by atoms with van der Waals surface area (Å²) >= 11 is 3.58. The largest absolute Gasteiger partial charge is 0.281 e. The van der Waals surface area contributed by atoms with E-state index in [-0.39, 0.29) is 10.7 Å². The number of alkyl halides is 1. The molecule has 0 aliphatic heterocycles. The average molecular weight is 337 g/mol. The zero-order valence-corrected chi connectivity index (χ0v) is 11.9. The Balaban J connectivity index is 1.92. The van der Waals surface area contributed by atoms with Crippen LogP contribution in [0.4, 0.5) is 8.78 Å². The smallest absolute Gasteiger partial charge is 0.159 e. The zero-order valence-electron chi connectivity index (χ0n) is 10.4. The van der Waals surface area contributed by atoms with Crippen molar-refractivity contribution in [2.45, 2.75) is 10.7 Å². The topological polar surface area (TPSA) is 28.7 Å². The van der Waals surface area contributed by atoms with E-state index in [1.807, 2.05) is 24.3 Å². The lowest BCUT2D eigenvalue weighted by atomic mass is 9.96. The van der Waals surface area contributed by atoms with Crippen LogP contribution in [0.2, 0.25) is 0 Å². The second-order valence-corrected chi connectivity index (χ2v) is 5.63. The first-order chi connectivity index (χ1) is 9.65. The number of rotatable bonds is 2. The van der Waals surface area contributed by atoms with Crippen molar-refractivity contribution in [1.29, 1.82) is 0 Å². The number of nitrogens with zero attached hydrogens (tertiary/aromatic N) is 1. The second kappa shape index (κ2) is 5.32. The highest BCUT2D eigenvalue weighted by Crippen LogP contribution is 2.31. The summed E-state index contributed by atoms with van der Waals surface area (Å²) < 4.78 is 26.2. The standard InChI is InChI=1S/C15H11BrF2N2/c16-11-4-2-1-3-10(11)15-8-14(19-20-15)9-5-6-12(17)13(18)7-9/h1-8,10-11H,(H,19,20). The molecule has 2 nitrogen and oxygen atoms in total. The van der Waals surface area contributed by atoms with E-state index in [0.29, 0.717) is 11.3 Å². The number of benzene rings is 1. The van der Waals surface area contributed by atoms with E-state index < -0.39 is 11.6 Å². The number of hydrogen-bond donors (Lipinski definition) is 1. The molecule has 0 fully saturated rings. The molecule has 20 heavy (non-hydrogen) atoms. The third-order valence-electron chi connectivity index (χ3n) is 3.24. The molecule has 1 aliphatic rings. The van der Waals surface area contributed by atoms with Gasteiger partial charge in [-0.2, -0.15) is 5.10 Å². The van der Waals surface area contributed by atoms with Crippen molar-refractivity contribution in [2.75, 3.05) is 0 Å². The van der Waals surface area contributed by atoms with Crippen LogP contribution in [0, 0.1) is 11.6 Å². The van der Waals surface area contributed by atoms with Crippen LogP contribution < -0.4 is 0 Å². The molecule has 2 atom stereocenters. The Morgan fingerprint density at radius 3 is 2.60 bits per heavy atom. The molecule has 2 unspecified atom stereocenters. The van der Waals surface area contributed by atoms with Crippen molar-refractivity contribution in [3.8, 4) is 11.3 Å². The lowest BCUT2D eigenvalue weighted by molar-refractivity contribution is 0.509. The molecule has 0 saturated heterocycles. The molecule has 1 aromatic heterocycles. The molecule has 2 aromatic rings. The molecule has 0 bridgehead atoms. The fraction of sp³-hybridized carbons (Fsp3) is 0.133. The van der Waals surface area contributed by atoms with E-state index >= 15 is 0 Å². The van der Waals surface area contributed by atoms with Crippen LogP contribution in [0.15, 0.2) is 48.6 Å². The Bertz CT molecular complexity index is 691. The van der Waals surface area contributed by atoms with Gasteiger partial charge in [0.1, 0.15) is 0 Å². The zero-order chi connectivity index (χ0) is 14.1. The summed E-state index contributed by atoms with van der Waals surface area (Å²) in [7, 11) is 0. The Kier molecular flexibility index (Phi) is 3.53. The van der Waals surface area contributed by atoms with Crippen LogP contribution >= 0.6 is 15.9 Å². The molecule has 1 aliphatic carbocycles. The lowest BCUT2D eigenvalue weighted by Crippen LogP contribution is -2.10. The van der Waals surface area contributed by atoms with Crippen molar-refractivity contribution in [3.05, 3.63) is 65.9 Å². The van der Waals surface area contributed by atoms with Crippen molar-refractivity contribution in [2.24, 2.45) is 0 Å². The third-order valence-corrected chi connectivity index (χ3v) is 4.11. The van der Waals surface area contributed by atoms with Crippen LogP contribution in [0.5, 0.6) is 0 Å². The molecule has 5 heteroatoms. The number of nitrogens with one attached hydrogen (secondary N) is 1. The highest BCUT2D eigenvalue weighted by Gasteiger charge is 2.20. The summed E-state index contributed by atoms with van der Waals surface area (Å²) in [5.74, 6) is -1.58. The molecule has 0 radical (unpaired) electrons. The number of halogens is 3. The SMILES string of the molecule is Fc1ccc(-c2cc(C3C=CC=CC3Br)[nH]n2)cc1F. The molecule has 0 saturated carbocycles. The molecular formula is C15H11BrF2N2. The van der Waals surface area contributed by atoms with Gasteiger partial charge in [0.15, 0.2) is 11.6 Å². The van der Waals surface area contributed by atoms with Gasteiger partial charge in [0.25, 0.3) is 0 Å². The summed E-state index contributed by atoms with van der Waals surface area (Å²) in [4.78, 5) is 0.186. The minimum Gasteiger partial charge on any atom is -0.281 e. The lowest BCUT2D eigenvalue weighted by Gasteiger charge is -2.16. The summed E-state index contributed by atoms with van der Waals surface area (Å²) in [6.07, 6.45) is 8.05. The van der Waals surface area contributed by atoms with Gasteiger partial charge in [0.05, 0.1) is 5.69 Å². The van der Waals surface area contributed by atoms with E-state index in [2.05, 4.69) is 32.2 Å². The summed E-state index contributed by atoms with van der Waals surface area (Å²) in [6, 6.07) is 5.63. The van der Waals surface area contributed by atoms with Crippen LogP contribution in [0.1, 0.15) is 11.6 Å². The second-order valence-electron chi connectivity index (χ2n) is 4.58. The van der Waals surface area contributed by atoms with Gasteiger partial charge in [-0.05, 0) is 24.3 Å². The number of allylic oxidation sites excluding steroid dienone is 4. The Morgan fingerprint density at radius 2 is 1.85 bits per heavy atom. The fourth-order valence-electron chi connectivity index (χ4n) is 2.17. The van der Waals surface area contributed by atoms with Gasteiger partial charge in [-0.25, -0.2) is 8.78 Å². The van der Waals surface area contributed by atoms with Gasteiger partial charge in [-0.15, -0.1) is 0 Å². The maximum absolute atomic E-state index is 13.2. The molecule has 102 valence electrons. The van der Waals surface area contributed by atoms with E-state index in [0.717, 1.165) is 17.8 Å². The number of H-pyrrole nitrogens is 1. The third kappa shape index (κ3) is 2.45. The molecule has 0 amide bonds. The molecule has 3 rings (SSSR count). The predicted octanol–water partition coefficient (Wildman–Crippen LogP) is 4.33. The van der Waals surface area contributed by atoms with E-state index in [1.165, 1.54) is 6.07 Å². The quantitative estimate of drug-likeness (QED) is 0.812. The summed E-state index contributed by atoms with van der Waals surface area (Å²) in [5.41, 5.74) is 2.07. The highest BCUT2D eigenvalue weighted by molar-refractivity contribution is 9.09. The van der Waals surface area contributed by atoms with Gasteiger partial charge >= 0.3 is 0 Å². The van der Waals surface area contributed by atoms with Gasteiger partial charge in [-0.3, -0.25) is 5.10 Å². The molecular weight excluding hydrogens is 326 g/mol. The summed E-state index contributed by atoms with van der Waals surface area (Å²) in [6.45, 7) is 0. The van der Waals surface area contributed by atoms with Crippen molar-refractivity contribution < 1.29 is 8.78 Å². The molecule has 0 spiro atoms. The Labute approximate surface area is 123 Å². The minimum atomic E-state index is -0.870. The molecule has 1 heterocycles. The monoisotopic (exact) mass is 336 g/mol. The van der Waals surface area contributed by atoms with E-state index in [1.54, 1.807) is 0 Å². The Morgan fingerprint density at radius 1 is 1.05 bits per heavy atom. The van der Waals surface area contributed by atoms with Crippen LogP contribution in [-0.4, -0.2) is 15.0 Å².